The molecule has 7 rings (SSSR count). The number of carbonyl (C=O) groups is 1. The number of likely N-dealkylation sites (tertiary alicyclic amines) is 1. The Morgan fingerprint density at radius 2 is 1.71 bits per heavy atom. The Labute approximate surface area is 224 Å². The van der Waals surface area contributed by atoms with Crippen molar-refractivity contribution in [3.8, 4) is 0 Å². The van der Waals surface area contributed by atoms with Crippen LogP contribution < -0.4 is 5.32 Å². The van der Waals surface area contributed by atoms with E-state index in [1.165, 1.54) is 5.56 Å². The molecule has 204 valence electrons. The van der Waals surface area contributed by atoms with Crippen molar-refractivity contribution in [2.24, 2.45) is 5.41 Å². The molecular formula is C28H37N5O4S. The molecule has 5 heterocycles. The number of amides is 1. The summed E-state index contributed by atoms with van der Waals surface area (Å²) in [5.41, 5.74) is 1.79. The number of fused-ring (bicyclic) bond motifs is 2. The number of benzene rings is 1. The molecule has 38 heavy (non-hydrogen) atoms. The molecule has 9 nitrogen and oxygen atoms in total. The van der Waals surface area contributed by atoms with Gasteiger partial charge in [-0.15, -0.1) is 0 Å². The molecule has 5 aliphatic rings. The molecule has 3 atom stereocenters. The van der Waals surface area contributed by atoms with E-state index in [1.54, 1.807) is 14.7 Å². The van der Waals surface area contributed by atoms with Crippen molar-refractivity contribution in [2.75, 3.05) is 26.2 Å². The van der Waals surface area contributed by atoms with E-state index >= 15 is 0 Å². The normalized spacial score (nSPS) is 29.8. The van der Waals surface area contributed by atoms with Gasteiger partial charge in [0, 0.05) is 55.2 Å². The van der Waals surface area contributed by atoms with E-state index < -0.39 is 10.2 Å². The van der Waals surface area contributed by atoms with Crippen molar-refractivity contribution in [3.63, 3.8) is 0 Å². The van der Waals surface area contributed by atoms with E-state index in [-0.39, 0.29) is 29.4 Å². The Balaban J connectivity index is 0.928. The van der Waals surface area contributed by atoms with Crippen LogP contribution in [0.4, 0.5) is 0 Å². The summed E-state index contributed by atoms with van der Waals surface area (Å²) in [5, 5.41) is 7.06. The molecule has 0 unspecified atom stereocenters. The van der Waals surface area contributed by atoms with Gasteiger partial charge in [-0.1, -0.05) is 35.5 Å². The second-order valence-corrected chi connectivity index (χ2v) is 14.1. The van der Waals surface area contributed by atoms with Gasteiger partial charge in [0.2, 0.25) is 0 Å². The number of hydrogen-bond acceptors (Lipinski definition) is 6. The standard InChI is InChI=1S/C28H37N5O4S/c34-27(25-16-26(37-30-25)21-6-7-21)29-22-14-23-8-9-24(15-22)33(23)38(35,36)32-18-28(19-32)10-12-31(13-11-28)17-20-4-2-1-3-5-20/h1-5,16,21-24H,6-15,17-19H2,(H,29,34)/t22-,23+,24-. The highest BCUT2D eigenvalue weighted by Crippen LogP contribution is 2.46. The summed E-state index contributed by atoms with van der Waals surface area (Å²) in [6.45, 7) is 4.28. The number of rotatable bonds is 7. The van der Waals surface area contributed by atoms with E-state index in [9.17, 15) is 13.2 Å². The smallest absolute Gasteiger partial charge is 0.282 e. The number of hydrogen-bond donors (Lipinski definition) is 1. The van der Waals surface area contributed by atoms with Crippen LogP contribution in [0.25, 0.3) is 0 Å². The number of nitrogens with one attached hydrogen (secondary N) is 1. The van der Waals surface area contributed by atoms with E-state index in [1.807, 2.05) is 6.07 Å². The van der Waals surface area contributed by atoms with Crippen LogP contribution in [0.1, 0.15) is 79.1 Å². The topological polar surface area (TPSA) is 99.0 Å². The molecule has 1 saturated carbocycles. The third-order valence-corrected chi connectivity index (χ3v) is 11.6. The maximum atomic E-state index is 13.7. The maximum absolute atomic E-state index is 13.7. The lowest BCUT2D eigenvalue weighted by molar-refractivity contribution is -0.00638. The predicted octanol–water partition coefficient (Wildman–Crippen LogP) is 3.12. The fourth-order valence-electron chi connectivity index (χ4n) is 7.19. The van der Waals surface area contributed by atoms with Crippen molar-refractivity contribution in [1.82, 2.24) is 24.0 Å². The lowest BCUT2D eigenvalue weighted by atomic mass is 9.73. The molecule has 1 amide bonds. The van der Waals surface area contributed by atoms with Gasteiger partial charge >= 0.3 is 0 Å². The Kier molecular flexibility index (Phi) is 6.14. The van der Waals surface area contributed by atoms with Crippen molar-refractivity contribution in [2.45, 2.75) is 82.0 Å². The molecule has 10 heteroatoms. The highest BCUT2D eigenvalue weighted by Gasteiger charge is 2.55. The van der Waals surface area contributed by atoms with Crippen molar-refractivity contribution in [3.05, 3.63) is 53.4 Å². The molecule has 1 N–H and O–H groups in total. The number of aromatic nitrogens is 1. The van der Waals surface area contributed by atoms with E-state index in [0.29, 0.717) is 37.5 Å². The maximum Gasteiger partial charge on any atom is 0.282 e. The molecule has 5 fully saturated rings. The summed E-state index contributed by atoms with van der Waals surface area (Å²) in [6, 6.07) is 12.2. The minimum Gasteiger partial charge on any atom is -0.360 e. The van der Waals surface area contributed by atoms with Crippen LogP contribution in [0.2, 0.25) is 0 Å². The molecule has 2 bridgehead atoms. The first-order chi connectivity index (χ1) is 18.4. The molecule has 1 aliphatic carbocycles. The number of nitrogens with zero attached hydrogens (tertiary/aromatic N) is 4. The fourth-order valence-corrected chi connectivity index (χ4v) is 9.46. The molecule has 4 aliphatic heterocycles. The molecule has 1 spiro atoms. The Hall–Kier alpha value is -2.27. The van der Waals surface area contributed by atoms with Gasteiger partial charge in [-0.2, -0.15) is 17.0 Å². The highest BCUT2D eigenvalue weighted by molar-refractivity contribution is 7.86. The first-order valence-corrected chi connectivity index (χ1v) is 15.6. The van der Waals surface area contributed by atoms with Gasteiger partial charge in [-0.3, -0.25) is 9.69 Å². The summed E-state index contributed by atoms with van der Waals surface area (Å²) in [7, 11) is -3.49. The summed E-state index contributed by atoms with van der Waals surface area (Å²) in [4.78, 5) is 15.3. The third-order valence-electron chi connectivity index (χ3n) is 9.52. The summed E-state index contributed by atoms with van der Waals surface area (Å²) in [6.07, 6.45) is 7.33. The van der Waals surface area contributed by atoms with Crippen LogP contribution in [-0.4, -0.2) is 77.3 Å². The van der Waals surface area contributed by atoms with Crippen molar-refractivity contribution < 1.29 is 17.7 Å². The Morgan fingerprint density at radius 3 is 2.37 bits per heavy atom. The monoisotopic (exact) mass is 539 g/mol. The average Bonchev–Trinajstić information content (AvgIpc) is 3.54. The molecular weight excluding hydrogens is 502 g/mol. The quantitative estimate of drug-likeness (QED) is 0.581. The third kappa shape index (κ3) is 4.59. The van der Waals surface area contributed by atoms with Crippen LogP contribution >= 0.6 is 0 Å². The van der Waals surface area contributed by atoms with Gasteiger partial charge in [0.25, 0.3) is 16.1 Å². The predicted molar refractivity (Wildman–Crippen MR) is 141 cm³/mol. The second kappa shape index (κ2) is 9.43. The van der Waals surface area contributed by atoms with Gasteiger partial charge in [-0.25, -0.2) is 0 Å². The van der Waals surface area contributed by atoms with Gasteiger partial charge in [-0.05, 0) is 70.0 Å². The zero-order valence-corrected chi connectivity index (χ0v) is 22.6. The summed E-state index contributed by atoms with van der Waals surface area (Å²) in [5.74, 6) is 0.991. The lowest BCUT2D eigenvalue weighted by Gasteiger charge is -2.54. The SMILES string of the molecule is O=C(N[C@H]1C[C@H]2CC[C@@H](C1)N2S(=O)(=O)N1CC2(CCN(Cc3ccccc3)CC2)C1)c1cc(C2CC2)on1. The van der Waals surface area contributed by atoms with Crippen LogP contribution in [0.3, 0.4) is 0 Å². The Bertz CT molecular complexity index is 1260. The van der Waals surface area contributed by atoms with Crippen molar-refractivity contribution >= 4 is 16.1 Å². The first-order valence-electron chi connectivity index (χ1n) is 14.2. The molecule has 0 radical (unpaired) electrons. The van der Waals surface area contributed by atoms with Crippen LogP contribution in [0.5, 0.6) is 0 Å². The largest absolute Gasteiger partial charge is 0.360 e. The molecule has 2 aromatic rings. The van der Waals surface area contributed by atoms with Gasteiger partial charge in [0.15, 0.2) is 5.69 Å². The van der Waals surface area contributed by atoms with Crippen LogP contribution in [0, 0.1) is 5.41 Å². The number of carbonyl (C=O) groups excluding carboxylic acids is 1. The zero-order chi connectivity index (χ0) is 25.9. The zero-order valence-electron chi connectivity index (χ0n) is 21.8. The number of piperidine rings is 2. The van der Waals surface area contributed by atoms with Gasteiger partial charge in [0.1, 0.15) is 5.76 Å². The molecule has 1 aromatic carbocycles. The highest BCUT2D eigenvalue weighted by atomic mass is 32.2. The second-order valence-electron chi connectivity index (χ2n) is 12.3. The Morgan fingerprint density at radius 1 is 1.03 bits per heavy atom. The minimum absolute atomic E-state index is 0.0378. The van der Waals surface area contributed by atoms with E-state index in [2.05, 4.69) is 39.6 Å². The minimum atomic E-state index is -3.49. The van der Waals surface area contributed by atoms with Crippen LogP contribution in [0.15, 0.2) is 40.9 Å². The lowest BCUT2D eigenvalue weighted by Crippen LogP contribution is -2.66. The van der Waals surface area contributed by atoms with E-state index in [4.69, 9.17) is 4.52 Å². The van der Waals surface area contributed by atoms with Gasteiger partial charge < -0.3 is 9.84 Å². The summed E-state index contributed by atoms with van der Waals surface area (Å²) >= 11 is 0. The summed E-state index contributed by atoms with van der Waals surface area (Å²) < 4.78 is 36.3. The van der Waals surface area contributed by atoms with Gasteiger partial charge in [0.05, 0.1) is 0 Å². The fraction of sp³-hybridized carbons (Fsp3) is 0.643. The molecule has 1 aromatic heterocycles. The van der Waals surface area contributed by atoms with Crippen LogP contribution in [-0.2, 0) is 16.8 Å². The van der Waals surface area contributed by atoms with Crippen molar-refractivity contribution in [1.29, 1.82) is 0 Å². The molecule has 4 saturated heterocycles. The first kappa shape index (κ1) is 24.7. The van der Waals surface area contributed by atoms with E-state index in [0.717, 1.165) is 63.9 Å². The average molecular weight is 540 g/mol.